The fourth-order valence-electron chi connectivity index (χ4n) is 2.99. The Labute approximate surface area is 163 Å². The lowest BCUT2D eigenvalue weighted by Gasteiger charge is -2.35. The van der Waals surface area contributed by atoms with E-state index < -0.39 is 0 Å². The molecule has 1 fully saturated rings. The quantitative estimate of drug-likeness (QED) is 0.795. The first kappa shape index (κ1) is 19.1. The minimum absolute atomic E-state index is 0.0911. The summed E-state index contributed by atoms with van der Waals surface area (Å²) in [6.07, 6.45) is 0. The molecule has 27 heavy (non-hydrogen) atoms. The normalized spacial score (nSPS) is 14.0. The highest BCUT2D eigenvalue weighted by Crippen LogP contribution is 2.24. The zero-order valence-electron chi connectivity index (χ0n) is 15.4. The van der Waals surface area contributed by atoms with E-state index in [0.717, 1.165) is 11.4 Å². The van der Waals surface area contributed by atoms with Crippen LogP contribution in [0.15, 0.2) is 36.4 Å². The fraction of sp³-hybridized carbons (Fsp3) is 0.368. The van der Waals surface area contributed by atoms with Crippen LogP contribution in [0, 0.1) is 0 Å². The minimum atomic E-state index is -0.0911. The van der Waals surface area contributed by atoms with Crippen LogP contribution < -0.4 is 19.7 Å². The van der Waals surface area contributed by atoms with E-state index in [1.807, 2.05) is 24.3 Å². The Morgan fingerprint density at radius 3 is 2.59 bits per heavy atom. The highest BCUT2D eigenvalue weighted by atomic mass is 35.5. The molecule has 0 spiro atoms. The van der Waals surface area contributed by atoms with Crippen molar-refractivity contribution in [3.63, 3.8) is 0 Å². The van der Waals surface area contributed by atoms with Gasteiger partial charge in [-0.05, 0) is 24.3 Å². The maximum Gasteiger partial charge on any atom is 0.317 e. The van der Waals surface area contributed by atoms with Crippen molar-refractivity contribution in [2.45, 2.75) is 6.54 Å². The van der Waals surface area contributed by atoms with Gasteiger partial charge in [0, 0.05) is 44.4 Å². The van der Waals surface area contributed by atoms with Gasteiger partial charge >= 0.3 is 6.03 Å². The molecule has 144 valence electrons. The van der Waals surface area contributed by atoms with Crippen molar-refractivity contribution >= 4 is 23.4 Å². The third-order valence-corrected chi connectivity index (χ3v) is 4.73. The molecule has 0 radical (unpaired) electrons. The summed E-state index contributed by atoms with van der Waals surface area (Å²) < 4.78 is 10.6. The molecule has 0 atom stereocenters. The summed E-state index contributed by atoms with van der Waals surface area (Å²) in [6, 6.07) is 11.0. The second kappa shape index (κ2) is 8.81. The molecule has 7 nitrogen and oxygen atoms in total. The van der Waals surface area contributed by atoms with E-state index >= 15 is 0 Å². The number of nitrogens with zero attached hydrogens (tertiary/aromatic N) is 3. The molecule has 0 aliphatic carbocycles. The number of hydrogen-bond donors (Lipinski definition) is 1. The third-order valence-electron chi connectivity index (χ3n) is 4.52. The molecule has 2 heterocycles. The van der Waals surface area contributed by atoms with E-state index in [1.165, 1.54) is 0 Å². The number of aromatic nitrogens is 1. The van der Waals surface area contributed by atoms with E-state index in [0.29, 0.717) is 49.4 Å². The molecule has 1 aromatic heterocycles. The average molecular weight is 391 g/mol. The van der Waals surface area contributed by atoms with Gasteiger partial charge in [0.05, 0.1) is 14.2 Å². The summed E-state index contributed by atoms with van der Waals surface area (Å²) in [6.45, 7) is 3.07. The maximum absolute atomic E-state index is 12.5. The SMILES string of the molecule is COc1ccc(CNC(=O)N2CCN(c3cccc(Cl)n3)CC2)c(OC)c1. The monoisotopic (exact) mass is 390 g/mol. The second-order valence-corrected chi connectivity index (χ2v) is 6.52. The van der Waals surface area contributed by atoms with Crippen LogP contribution in [-0.2, 0) is 6.54 Å². The van der Waals surface area contributed by atoms with Crippen molar-refractivity contribution in [2.75, 3.05) is 45.3 Å². The number of ether oxygens (including phenoxy) is 2. The molecule has 1 saturated heterocycles. The number of amides is 2. The standard InChI is InChI=1S/C19H23ClN4O3/c1-26-15-7-6-14(16(12-15)27-2)13-21-19(25)24-10-8-23(9-11-24)18-5-3-4-17(20)22-18/h3-7,12H,8-11,13H2,1-2H3,(H,21,25). The number of carbonyl (C=O) groups excluding carboxylic acids is 1. The smallest absolute Gasteiger partial charge is 0.317 e. The number of hydrogen-bond acceptors (Lipinski definition) is 5. The predicted octanol–water partition coefficient (Wildman–Crippen LogP) is 2.78. The van der Waals surface area contributed by atoms with Gasteiger partial charge < -0.3 is 24.6 Å². The summed E-state index contributed by atoms with van der Waals surface area (Å²) in [5.41, 5.74) is 0.897. The number of urea groups is 1. The Morgan fingerprint density at radius 1 is 1.15 bits per heavy atom. The molecule has 3 rings (SSSR count). The van der Waals surface area contributed by atoms with E-state index in [1.54, 1.807) is 31.3 Å². The second-order valence-electron chi connectivity index (χ2n) is 6.13. The molecule has 1 aliphatic heterocycles. The zero-order valence-corrected chi connectivity index (χ0v) is 16.2. The molecule has 0 saturated carbocycles. The van der Waals surface area contributed by atoms with Crippen LogP contribution in [0.1, 0.15) is 5.56 Å². The molecule has 1 aliphatic rings. The topological polar surface area (TPSA) is 66.9 Å². The lowest BCUT2D eigenvalue weighted by atomic mass is 10.2. The molecular formula is C19H23ClN4O3. The zero-order chi connectivity index (χ0) is 19.2. The van der Waals surface area contributed by atoms with Crippen LogP contribution >= 0.6 is 11.6 Å². The van der Waals surface area contributed by atoms with Crippen molar-refractivity contribution in [3.8, 4) is 11.5 Å². The van der Waals surface area contributed by atoms with Gasteiger partial charge in [-0.3, -0.25) is 0 Å². The van der Waals surface area contributed by atoms with Gasteiger partial charge in [0.2, 0.25) is 0 Å². The Balaban J connectivity index is 1.53. The van der Waals surface area contributed by atoms with Crippen LogP contribution in [-0.4, -0.2) is 56.3 Å². The van der Waals surface area contributed by atoms with Gasteiger partial charge in [-0.1, -0.05) is 17.7 Å². The summed E-state index contributed by atoms with van der Waals surface area (Å²) in [7, 11) is 3.21. The highest BCUT2D eigenvalue weighted by molar-refractivity contribution is 6.29. The van der Waals surface area contributed by atoms with Crippen molar-refractivity contribution in [2.24, 2.45) is 0 Å². The van der Waals surface area contributed by atoms with Gasteiger partial charge in [-0.15, -0.1) is 0 Å². The first-order valence-electron chi connectivity index (χ1n) is 8.72. The molecule has 1 N–H and O–H groups in total. The number of nitrogens with one attached hydrogen (secondary N) is 1. The summed E-state index contributed by atoms with van der Waals surface area (Å²) in [5, 5.41) is 3.43. The number of benzene rings is 1. The number of pyridine rings is 1. The lowest BCUT2D eigenvalue weighted by molar-refractivity contribution is 0.193. The van der Waals surface area contributed by atoms with Crippen LogP contribution in [0.25, 0.3) is 0 Å². The largest absolute Gasteiger partial charge is 0.497 e. The molecule has 2 aromatic rings. The fourth-order valence-corrected chi connectivity index (χ4v) is 3.15. The lowest BCUT2D eigenvalue weighted by Crippen LogP contribution is -2.51. The van der Waals surface area contributed by atoms with Crippen LogP contribution in [0.3, 0.4) is 0 Å². The van der Waals surface area contributed by atoms with E-state index in [4.69, 9.17) is 21.1 Å². The van der Waals surface area contributed by atoms with Crippen molar-refractivity contribution in [1.82, 2.24) is 15.2 Å². The van der Waals surface area contributed by atoms with Gasteiger partial charge in [-0.2, -0.15) is 0 Å². The summed E-state index contributed by atoms with van der Waals surface area (Å²) in [4.78, 5) is 20.7. The van der Waals surface area contributed by atoms with Crippen molar-refractivity contribution < 1.29 is 14.3 Å². The maximum atomic E-state index is 12.5. The average Bonchev–Trinajstić information content (AvgIpc) is 2.72. The number of anilines is 1. The molecule has 8 heteroatoms. The van der Waals surface area contributed by atoms with Crippen LogP contribution in [0.5, 0.6) is 11.5 Å². The minimum Gasteiger partial charge on any atom is -0.497 e. The Bertz CT molecular complexity index is 794. The van der Waals surface area contributed by atoms with Crippen LogP contribution in [0.4, 0.5) is 10.6 Å². The number of rotatable bonds is 5. The molecule has 2 amide bonds. The van der Waals surface area contributed by atoms with Crippen LogP contribution in [0.2, 0.25) is 5.15 Å². The molecule has 0 unspecified atom stereocenters. The molecule has 0 bridgehead atoms. The van der Waals surface area contributed by atoms with Gasteiger partial charge in [0.15, 0.2) is 0 Å². The third kappa shape index (κ3) is 4.74. The van der Waals surface area contributed by atoms with E-state index in [-0.39, 0.29) is 6.03 Å². The van der Waals surface area contributed by atoms with Crippen molar-refractivity contribution in [1.29, 1.82) is 0 Å². The molecular weight excluding hydrogens is 368 g/mol. The number of methoxy groups -OCH3 is 2. The highest BCUT2D eigenvalue weighted by Gasteiger charge is 2.22. The van der Waals surface area contributed by atoms with E-state index in [9.17, 15) is 4.79 Å². The number of halogens is 1. The number of carbonyl (C=O) groups is 1. The molecule has 1 aromatic carbocycles. The Morgan fingerprint density at radius 2 is 1.93 bits per heavy atom. The van der Waals surface area contributed by atoms with Gasteiger partial charge in [0.1, 0.15) is 22.5 Å². The number of piperazine rings is 1. The Hall–Kier alpha value is -2.67. The Kier molecular flexibility index (Phi) is 6.24. The van der Waals surface area contributed by atoms with E-state index in [2.05, 4.69) is 15.2 Å². The predicted molar refractivity (Wildman–Crippen MR) is 105 cm³/mol. The summed E-state index contributed by atoms with van der Waals surface area (Å²) in [5.74, 6) is 2.24. The first-order chi connectivity index (χ1) is 13.1. The van der Waals surface area contributed by atoms with Gasteiger partial charge in [-0.25, -0.2) is 9.78 Å². The first-order valence-corrected chi connectivity index (χ1v) is 9.09. The van der Waals surface area contributed by atoms with Gasteiger partial charge in [0.25, 0.3) is 0 Å². The van der Waals surface area contributed by atoms with Crippen molar-refractivity contribution in [3.05, 3.63) is 47.1 Å². The summed E-state index contributed by atoms with van der Waals surface area (Å²) >= 11 is 5.96.